The highest BCUT2D eigenvalue weighted by atomic mass is 32.2. The van der Waals surface area contributed by atoms with Gasteiger partial charge in [0.15, 0.2) is 5.89 Å². The summed E-state index contributed by atoms with van der Waals surface area (Å²) in [4.78, 5) is 4.21. The summed E-state index contributed by atoms with van der Waals surface area (Å²) in [6, 6.07) is 9.50. The smallest absolute Gasteiger partial charge is 0.446 e. The van der Waals surface area contributed by atoms with Crippen LogP contribution in [-0.2, 0) is 27.7 Å². The summed E-state index contributed by atoms with van der Waals surface area (Å²) in [5.41, 5.74) is 8.46. The maximum absolute atomic E-state index is 13.0. The van der Waals surface area contributed by atoms with E-state index in [4.69, 9.17) is 14.8 Å². The van der Waals surface area contributed by atoms with E-state index in [1.54, 1.807) is 37.4 Å². The number of benzene rings is 2. The van der Waals surface area contributed by atoms with Crippen molar-refractivity contribution in [2.45, 2.75) is 24.8 Å². The van der Waals surface area contributed by atoms with Gasteiger partial charge in [-0.25, -0.2) is 13.4 Å². The molecule has 8 nitrogen and oxygen atoms in total. The molecule has 0 radical (unpaired) electrons. The van der Waals surface area contributed by atoms with E-state index in [0.29, 0.717) is 40.7 Å². The Labute approximate surface area is 162 Å². The minimum atomic E-state index is -3.91. The minimum Gasteiger partial charge on any atom is -0.446 e. The molecule has 1 aliphatic heterocycles. The first kappa shape index (κ1) is 18.5. The number of nitrogens with one attached hydrogen (secondary N) is 1. The fraction of sp³-hybridized carbons (Fsp3) is 0.167. The van der Waals surface area contributed by atoms with E-state index in [1.165, 1.54) is 12.1 Å². The fourth-order valence-electron chi connectivity index (χ4n) is 3.13. The Morgan fingerprint density at radius 2 is 2.11 bits per heavy atom. The standard InChI is InChI=1S/C18H18BN3O5S/c1-11-9-21-18(27-11)7-13-6-14(20)3-5-17(13)28(24,25)22-15-4-2-12-10-26-19(23)16(12)8-15/h2-6,8-9,22-23H,7,10,20H2,1H3. The number of aryl methyl sites for hydroxylation is 1. The average Bonchev–Trinajstić information content (AvgIpc) is 3.20. The van der Waals surface area contributed by atoms with Crippen LogP contribution >= 0.6 is 0 Å². The molecule has 10 heteroatoms. The summed E-state index contributed by atoms with van der Waals surface area (Å²) in [6.45, 7) is 2.06. The maximum atomic E-state index is 13.0. The Morgan fingerprint density at radius 3 is 2.86 bits per heavy atom. The van der Waals surface area contributed by atoms with E-state index in [9.17, 15) is 13.4 Å². The van der Waals surface area contributed by atoms with E-state index >= 15 is 0 Å². The molecule has 2 aromatic carbocycles. The molecule has 0 unspecified atom stereocenters. The van der Waals surface area contributed by atoms with Crippen molar-refractivity contribution in [1.82, 2.24) is 4.98 Å². The van der Waals surface area contributed by atoms with Gasteiger partial charge in [-0.2, -0.15) is 0 Å². The van der Waals surface area contributed by atoms with E-state index in [0.717, 1.165) is 5.56 Å². The molecule has 144 valence electrons. The predicted octanol–water partition coefficient (Wildman–Crippen LogP) is 1.17. The lowest BCUT2D eigenvalue weighted by Gasteiger charge is -2.13. The Kier molecular flexibility index (Phi) is 4.62. The van der Waals surface area contributed by atoms with E-state index in [-0.39, 0.29) is 11.3 Å². The Morgan fingerprint density at radius 1 is 1.29 bits per heavy atom. The van der Waals surface area contributed by atoms with Crippen LogP contribution in [0.15, 0.2) is 51.9 Å². The number of rotatable bonds is 5. The summed E-state index contributed by atoms with van der Waals surface area (Å²) in [6.07, 6.45) is 1.76. The number of anilines is 2. The molecule has 0 atom stereocenters. The van der Waals surface area contributed by atoms with Crippen LogP contribution in [0.4, 0.5) is 11.4 Å². The number of nitrogens with zero attached hydrogens (tertiary/aromatic N) is 1. The van der Waals surface area contributed by atoms with Crippen molar-refractivity contribution in [3.8, 4) is 0 Å². The van der Waals surface area contributed by atoms with Crippen LogP contribution in [0.1, 0.15) is 22.8 Å². The number of nitrogens with two attached hydrogens (primary N) is 1. The summed E-state index contributed by atoms with van der Waals surface area (Å²) in [5, 5.41) is 9.83. The number of oxazole rings is 1. The molecule has 0 saturated heterocycles. The summed E-state index contributed by atoms with van der Waals surface area (Å²) in [5.74, 6) is 1.04. The lowest BCUT2D eigenvalue weighted by atomic mass is 9.79. The lowest BCUT2D eigenvalue weighted by molar-refractivity contribution is 0.275. The first-order valence-corrected chi connectivity index (χ1v) is 10.1. The summed E-state index contributed by atoms with van der Waals surface area (Å²) >= 11 is 0. The van der Waals surface area contributed by atoms with Gasteiger partial charge in [-0.05, 0) is 53.8 Å². The van der Waals surface area contributed by atoms with Crippen molar-refractivity contribution in [2.24, 2.45) is 0 Å². The predicted molar refractivity (Wildman–Crippen MR) is 105 cm³/mol. The highest BCUT2D eigenvalue weighted by Crippen LogP contribution is 2.25. The van der Waals surface area contributed by atoms with Crippen LogP contribution in [0, 0.1) is 6.92 Å². The largest absolute Gasteiger partial charge is 0.491 e. The van der Waals surface area contributed by atoms with Crippen LogP contribution in [0.25, 0.3) is 0 Å². The number of fused-ring (bicyclic) bond motifs is 1. The Balaban J connectivity index is 1.67. The molecule has 28 heavy (non-hydrogen) atoms. The molecule has 0 amide bonds. The van der Waals surface area contributed by atoms with Gasteiger partial charge in [0, 0.05) is 11.4 Å². The molecule has 0 spiro atoms. The van der Waals surface area contributed by atoms with Crippen molar-refractivity contribution in [2.75, 3.05) is 10.5 Å². The van der Waals surface area contributed by atoms with Gasteiger partial charge in [0.25, 0.3) is 10.0 Å². The highest BCUT2D eigenvalue weighted by molar-refractivity contribution is 7.92. The van der Waals surface area contributed by atoms with Crippen molar-refractivity contribution in [1.29, 1.82) is 0 Å². The maximum Gasteiger partial charge on any atom is 0.491 e. The van der Waals surface area contributed by atoms with Gasteiger partial charge in [0.2, 0.25) is 0 Å². The van der Waals surface area contributed by atoms with Crippen LogP contribution in [0.2, 0.25) is 0 Å². The molecule has 0 fully saturated rings. The van der Waals surface area contributed by atoms with Crippen LogP contribution in [0.5, 0.6) is 0 Å². The zero-order valence-corrected chi connectivity index (χ0v) is 15.9. The normalized spacial score (nSPS) is 13.6. The molecular formula is C18H18BN3O5S. The van der Waals surface area contributed by atoms with Crippen LogP contribution in [-0.4, -0.2) is 25.5 Å². The zero-order valence-electron chi connectivity index (χ0n) is 15.0. The number of hydrogen-bond donors (Lipinski definition) is 3. The average molecular weight is 399 g/mol. The molecular weight excluding hydrogens is 381 g/mol. The minimum absolute atomic E-state index is 0.0786. The van der Waals surface area contributed by atoms with Crippen molar-refractivity contribution < 1.29 is 22.5 Å². The van der Waals surface area contributed by atoms with Crippen LogP contribution in [0.3, 0.4) is 0 Å². The monoisotopic (exact) mass is 399 g/mol. The molecule has 4 rings (SSSR count). The fourth-order valence-corrected chi connectivity index (χ4v) is 4.40. The number of aromatic nitrogens is 1. The van der Waals surface area contributed by atoms with E-state index in [2.05, 4.69) is 9.71 Å². The number of nitrogen functional groups attached to an aromatic ring is 1. The molecule has 1 aliphatic rings. The first-order valence-electron chi connectivity index (χ1n) is 8.57. The first-order chi connectivity index (χ1) is 13.3. The Bertz CT molecular complexity index is 1150. The van der Waals surface area contributed by atoms with Gasteiger partial charge < -0.3 is 19.8 Å². The van der Waals surface area contributed by atoms with Gasteiger partial charge in [-0.1, -0.05) is 6.07 Å². The van der Waals surface area contributed by atoms with Gasteiger partial charge in [0.05, 0.1) is 24.1 Å². The molecule has 2 heterocycles. The zero-order chi connectivity index (χ0) is 19.9. The third-order valence-corrected chi connectivity index (χ3v) is 5.93. The van der Waals surface area contributed by atoms with Crippen molar-refractivity contribution in [3.05, 3.63) is 65.4 Å². The van der Waals surface area contributed by atoms with Crippen molar-refractivity contribution in [3.63, 3.8) is 0 Å². The third kappa shape index (κ3) is 3.61. The lowest BCUT2D eigenvalue weighted by Crippen LogP contribution is -2.28. The molecule has 0 saturated carbocycles. The Hall–Kier alpha value is -2.82. The highest BCUT2D eigenvalue weighted by Gasteiger charge is 2.28. The molecule has 0 bridgehead atoms. The topological polar surface area (TPSA) is 128 Å². The van der Waals surface area contributed by atoms with Gasteiger partial charge in [-0.15, -0.1) is 0 Å². The molecule has 1 aromatic heterocycles. The third-order valence-electron chi connectivity index (χ3n) is 4.45. The second-order valence-corrected chi connectivity index (χ2v) is 8.24. The van der Waals surface area contributed by atoms with Crippen LogP contribution < -0.4 is 15.9 Å². The molecule has 3 aromatic rings. The van der Waals surface area contributed by atoms with E-state index < -0.39 is 17.1 Å². The second-order valence-electron chi connectivity index (χ2n) is 6.59. The number of sulfonamides is 1. The van der Waals surface area contributed by atoms with Gasteiger partial charge >= 0.3 is 7.12 Å². The van der Waals surface area contributed by atoms with Crippen molar-refractivity contribution >= 4 is 34.0 Å². The molecule has 0 aliphatic carbocycles. The number of hydrogen-bond acceptors (Lipinski definition) is 7. The summed E-state index contributed by atoms with van der Waals surface area (Å²) in [7, 11) is -4.96. The molecule has 4 N–H and O–H groups in total. The van der Waals surface area contributed by atoms with Gasteiger partial charge in [-0.3, -0.25) is 4.72 Å². The SMILES string of the molecule is Cc1cnc(Cc2cc(N)ccc2S(=O)(=O)Nc2ccc3c(c2)B(O)OC3)o1. The van der Waals surface area contributed by atoms with E-state index in [1.807, 2.05) is 0 Å². The van der Waals surface area contributed by atoms with Gasteiger partial charge in [0.1, 0.15) is 5.76 Å². The summed E-state index contributed by atoms with van der Waals surface area (Å²) < 4.78 is 39.2. The quantitative estimate of drug-likeness (QED) is 0.434. The second kappa shape index (κ2) is 6.97.